The molecule has 3 amide bonds. The van der Waals surface area contributed by atoms with Gasteiger partial charge in [-0.25, -0.2) is 0 Å². The molecule has 1 spiro atoms. The molecule has 3 unspecified atom stereocenters. The van der Waals surface area contributed by atoms with E-state index >= 15 is 0 Å². The summed E-state index contributed by atoms with van der Waals surface area (Å²) in [4.78, 5) is 40.7. The number of alkyl halides is 1. The predicted molar refractivity (Wildman–Crippen MR) is 108 cm³/mol. The minimum Gasteiger partial charge on any atom is -0.396 e. The lowest BCUT2D eigenvalue weighted by Gasteiger charge is -2.35. The molecule has 0 aromatic rings. The Morgan fingerprint density at radius 3 is 2.74 bits per heavy atom. The number of likely N-dealkylation sites (tertiary alicyclic amines) is 1. The molecule has 0 aromatic heterocycles. The number of nitrogens with one attached hydrogen (secondary N) is 2. The number of carbonyl (C=O) groups is 3. The molecule has 152 valence electrons. The minimum atomic E-state index is -0.594. The Morgan fingerprint density at radius 2 is 2.11 bits per heavy atom. The standard InChI is InChI=1S/C18H28BrN3O4S/c1-3-4-6-21-16(25)14-18-9-10(19)13(27-18)11(15(24)20-2)12(18)17(26)22(14)7-5-8-23/h10-14,23H,3-9H2,1-2H3,(H,20,24)(H,21,25)/t10?,11-,12-,13-,14?,18?/m0/s1. The first-order chi connectivity index (χ1) is 12.9. The number of rotatable bonds is 8. The van der Waals surface area contributed by atoms with Crippen LogP contribution in [0, 0.1) is 11.8 Å². The highest BCUT2D eigenvalue weighted by Gasteiger charge is 2.75. The maximum atomic E-state index is 13.3. The van der Waals surface area contributed by atoms with Gasteiger partial charge < -0.3 is 20.6 Å². The van der Waals surface area contributed by atoms with E-state index in [0.717, 1.165) is 12.8 Å². The van der Waals surface area contributed by atoms with Crippen LogP contribution in [0.1, 0.15) is 32.6 Å². The fourth-order valence-corrected chi connectivity index (χ4v) is 8.48. The van der Waals surface area contributed by atoms with E-state index in [2.05, 4.69) is 33.5 Å². The Kier molecular flexibility index (Phi) is 6.42. The maximum Gasteiger partial charge on any atom is 0.244 e. The highest BCUT2D eigenvalue weighted by Crippen LogP contribution is 2.67. The lowest BCUT2D eigenvalue weighted by Crippen LogP contribution is -2.54. The Balaban J connectivity index is 1.95. The highest BCUT2D eigenvalue weighted by molar-refractivity contribution is 9.09. The van der Waals surface area contributed by atoms with Crippen molar-refractivity contribution in [2.75, 3.05) is 26.7 Å². The number of hydrogen-bond donors (Lipinski definition) is 3. The number of nitrogens with zero attached hydrogens (tertiary/aromatic N) is 1. The molecule has 3 aliphatic heterocycles. The quantitative estimate of drug-likeness (QED) is 0.361. The highest BCUT2D eigenvalue weighted by atomic mass is 79.9. The molecule has 0 radical (unpaired) electrons. The summed E-state index contributed by atoms with van der Waals surface area (Å²) in [5.74, 6) is -1.31. The second-order valence-electron chi connectivity index (χ2n) is 7.53. The van der Waals surface area contributed by atoms with Crippen LogP contribution in [0.4, 0.5) is 0 Å². The van der Waals surface area contributed by atoms with Crippen LogP contribution in [-0.4, -0.2) is 75.3 Å². The van der Waals surface area contributed by atoms with Gasteiger partial charge in [-0.05, 0) is 19.3 Å². The van der Waals surface area contributed by atoms with Crippen LogP contribution < -0.4 is 10.6 Å². The molecule has 27 heavy (non-hydrogen) atoms. The third kappa shape index (κ3) is 3.29. The number of fused-ring (bicyclic) bond motifs is 1. The van der Waals surface area contributed by atoms with Gasteiger partial charge in [0.25, 0.3) is 0 Å². The van der Waals surface area contributed by atoms with Crippen molar-refractivity contribution < 1.29 is 19.5 Å². The van der Waals surface area contributed by atoms with Crippen molar-refractivity contribution in [3.05, 3.63) is 0 Å². The monoisotopic (exact) mass is 461 g/mol. The van der Waals surface area contributed by atoms with Gasteiger partial charge in [-0.2, -0.15) is 0 Å². The SMILES string of the molecule is CCCCNC(=O)C1N(CCCO)C(=O)[C@@H]2[C@H](C(=O)NC)[C@H]3SC12CC3Br. The summed E-state index contributed by atoms with van der Waals surface area (Å²) in [6.07, 6.45) is 2.97. The van der Waals surface area contributed by atoms with Gasteiger partial charge in [0.05, 0.1) is 16.6 Å². The zero-order chi connectivity index (χ0) is 19.8. The van der Waals surface area contributed by atoms with Gasteiger partial charge in [0, 0.05) is 36.8 Å². The molecule has 6 atom stereocenters. The van der Waals surface area contributed by atoms with E-state index in [-0.39, 0.29) is 34.4 Å². The molecule has 0 aromatic carbocycles. The summed E-state index contributed by atoms with van der Waals surface area (Å²) in [5.41, 5.74) is 0. The van der Waals surface area contributed by atoms with Crippen LogP contribution in [0.25, 0.3) is 0 Å². The Bertz CT molecular complexity index is 621. The second-order valence-corrected chi connectivity index (χ2v) is 10.2. The topological polar surface area (TPSA) is 98.7 Å². The van der Waals surface area contributed by atoms with Gasteiger partial charge in [-0.15, -0.1) is 11.8 Å². The fraction of sp³-hybridized carbons (Fsp3) is 0.833. The second kappa shape index (κ2) is 8.29. The van der Waals surface area contributed by atoms with Crippen molar-refractivity contribution in [2.45, 2.75) is 53.5 Å². The van der Waals surface area contributed by atoms with Crippen molar-refractivity contribution in [2.24, 2.45) is 11.8 Å². The molecular formula is C18H28BrN3O4S. The molecule has 3 heterocycles. The van der Waals surface area contributed by atoms with Crippen LogP contribution in [0.5, 0.6) is 0 Å². The number of unbranched alkanes of at least 4 members (excludes halogenated alkanes) is 1. The smallest absolute Gasteiger partial charge is 0.244 e. The molecule has 0 aliphatic carbocycles. The molecule has 0 saturated carbocycles. The van der Waals surface area contributed by atoms with Crippen LogP contribution in [0.15, 0.2) is 0 Å². The van der Waals surface area contributed by atoms with Crippen molar-refractivity contribution >= 4 is 45.4 Å². The van der Waals surface area contributed by atoms with Crippen molar-refractivity contribution in [3.63, 3.8) is 0 Å². The van der Waals surface area contributed by atoms with Gasteiger partial charge in [0.1, 0.15) is 6.04 Å². The van der Waals surface area contributed by atoms with Crippen LogP contribution in [0.2, 0.25) is 0 Å². The van der Waals surface area contributed by atoms with Crippen molar-refractivity contribution in [3.8, 4) is 0 Å². The number of carbonyl (C=O) groups excluding carboxylic acids is 3. The molecule has 7 nitrogen and oxygen atoms in total. The Labute approximate surface area is 172 Å². The molecule has 3 saturated heterocycles. The molecule has 9 heteroatoms. The third-order valence-electron chi connectivity index (χ3n) is 5.97. The summed E-state index contributed by atoms with van der Waals surface area (Å²) >= 11 is 5.33. The van der Waals surface area contributed by atoms with E-state index in [1.165, 1.54) is 0 Å². The first-order valence-corrected chi connectivity index (χ1v) is 11.4. The lowest BCUT2D eigenvalue weighted by atomic mass is 9.70. The van der Waals surface area contributed by atoms with Gasteiger partial charge in [-0.1, -0.05) is 29.3 Å². The normalized spacial score (nSPS) is 36.8. The fourth-order valence-electron chi connectivity index (χ4n) is 4.86. The average molecular weight is 462 g/mol. The third-order valence-corrected chi connectivity index (χ3v) is 9.19. The lowest BCUT2D eigenvalue weighted by molar-refractivity contribution is -0.140. The number of aliphatic hydroxyl groups excluding tert-OH is 1. The summed E-state index contributed by atoms with van der Waals surface area (Å²) in [7, 11) is 1.59. The minimum absolute atomic E-state index is 0.00941. The van der Waals surface area contributed by atoms with E-state index in [0.29, 0.717) is 25.9 Å². The van der Waals surface area contributed by atoms with E-state index in [1.807, 2.05) is 0 Å². The zero-order valence-electron chi connectivity index (χ0n) is 15.7. The first-order valence-electron chi connectivity index (χ1n) is 9.65. The van der Waals surface area contributed by atoms with Crippen molar-refractivity contribution in [1.29, 1.82) is 0 Å². The molecule has 3 rings (SSSR count). The van der Waals surface area contributed by atoms with Crippen molar-refractivity contribution in [1.82, 2.24) is 15.5 Å². The number of amides is 3. The van der Waals surface area contributed by atoms with Crippen LogP contribution in [-0.2, 0) is 14.4 Å². The number of thioether (sulfide) groups is 1. The van der Waals surface area contributed by atoms with E-state index in [4.69, 9.17) is 0 Å². The largest absolute Gasteiger partial charge is 0.396 e. The van der Waals surface area contributed by atoms with E-state index in [1.54, 1.807) is 23.7 Å². The van der Waals surface area contributed by atoms with Crippen LogP contribution >= 0.6 is 27.7 Å². The molecular weight excluding hydrogens is 434 g/mol. The molecule has 2 bridgehead atoms. The first kappa shape index (κ1) is 20.9. The predicted octanol–water partition coefficient (Wildman–Crippen LogP) is 0.496. The molecule has 3 fully saturated rings. The Morgan fingerprint density at radius 1 is 1.37 bits per heavy atom. The van der Waals surface area contributed by atoms with Gasteiger partial charge in [0.2, 0.25) is 17.7 Å². The number of aliphatic hydroxyl groups is 1. The van der Waals surface area contributed by atoms with Gasteiger partial charge in [-0.3, -0.25) is 14.4 Å². The summed E-state index contributed by atoms with van der Waals surface area (Å²) in [5, 5.41) is 14.9. The summed E-state index contributed by atoms with van der Waals surface area (Å²) in [6, 6.07) is -0.594. The molecule has 3 N–H and O–H groups in total. The average Bonchev–Trinajstić information content (AvgIpc) is 3.23. The van der Waals surface area contributed by atoms with Crippen LogP contribution in [0.3, 0.4) is 0 Å². The summed E-state index contributed by atoms with van der Waals surface area (Å²) in [6.45, 7) is 2.93. The summed E-state index contributed by atoms with van der Waals surface area (Å²) < 4.78 is -0.584. The molecule has 3 aliphatic rings. The van der Waals surface area contributed by atoms with Gasteiger partial charge in [0.15, 0.2) is 0 Å². The van der Waals surface area contributed by atoms with E-state index in [9.17, 15) is 19.5 Å². The number of hydrogen-bond acceptors (Lipinski definition) is 5. The van der Waals surface area contributed by atoms with E-state index < -0.39 is 22.6 Å². The van der Waals surface area contributed by atoms with Gasteiger partial charge >= 0.3 is 0 Å². The maximum absolute atomic E-state index is 13.3. The zero-order valence-corrected chi connectivity index (χ0v) is 18.1. The Hall–Kier alpha value is -0.800. The number of halogens is 1.